The van der Waals surface area contributed by atoms with Crippen LogP contribution in [-0.2, 0) is 0 Å². The number of aldehydes is 1. The molecule has 16 heavy (non-hydrogen) atoms. The SMILES string of the molecule is COc1ccc(C2CCNCC2)c(C=O)c1. The number of rotatable bonds is 3. The fourth-order valence-corrected chi connectivity index (χ4v) is 2.29. The van der Waals surface area contributed by atoms with E-state index in [-0.39, 0.29) is 0 Å². The van der Waals surface area contributed by atoms with E-state index in [0.29, 0.717) is 5.92 Å². The minimum atomic E-state index is 0.507. The van der Waals surface area contributed by atoms with Gasteiger partial charge in [0.15, 0.2) is 0 Å². The van der Waals surface area contributed by atoms with Crippen molar-refractivity contribution < 1.29 is 9.53 Å². The van der Waals surface area contributed by atoms with E-state index in [2.05, 4.69) is 5.32 Å². The Kier molecular flexibility index (Phi) is 3.57. The molecule has 0 aliphatic carbocycles. The van der Waals surface area contributed by atoms with Crippen molar-refractivity contribution in [2.75, 3.05) is 20.2 Å². The van der Waals surface area contributed by atoms with Gasteiger partial charge in [-0.25, -0.2) is 0 Å². The van der Waals surface area contributed by atoms with E-state index in [4.69, 9.17) is 4.74 Å². The summed E-state index contributed by atoms with van der Waals surface area (Å²) in [6.07, 6.45) is 3.14. The van der Waals surface area contributed by atoms with Crippen molar-refractivity contribution in [1.29, 1.82) is 0 Å². The summed E-state index contributed by atoms with van der Waals surface area (Å²) in [4.78, 5) is 11.1. The van der Waals surface area contributed by atoms with Crippen LogP contribution in [0, 0.1) is 0 Å². The second kappa shape index (κ2) is 5.12. The molecule has 1 saturated heterocycles. The number of benzene rings is 1. The normalized spacial score (nSPS) is 17.1. The minimum Gasteiger partial charge on any atom is -0.497 e. The molecule has 0 unspecified atom stereocenters. The van der Waals surface area contributed by atoms with Crippen LogP contribution >= 0.6 is 0 Å². The molecule has 0 atom stereocenters. The minimum absolute atomic E-state index is 0.507. The number of nitrogens with one attached hydrogen (secondary N) is 1. The average molecular weight is 219 g/mol. The highest BCUT2D eigenvalue weighted by atomic mass is 16.5. The van der Waals surface area contributed by atoms with Crippen molar-refractivity contribution >= 4 is 6.29 Å². The third kappa shape index (κ3) is 2.25. The van der Waals surface area contributed by atoms with Gasteiger partial charge in [0.05, 0.1) is 7.11 Å². The van der Waals surface area contributed by atoms with Gasteiger partial charge in [0.1, 0.15) is 12.0 Å². The molecule has 0 bridgehead atoms. The number of carbonyl (C=O) groups is 1. The lowest BCUT2D eigenvalue weighted by molar-refractivity contribution is 0.112. The second-order valence-corrected chi connectivity index (χ2v) is 4.14. The number of piperidine rings is 1. The van der Waals surface area contributed by atoms with Gasteiger partial charge in [-0.2, -0.15) is 0 Å². The van der Waals surface area contributed by atoms with E-state index < -0.39 is 0 Å². The quantitative estimate of drug-likeness (QED) is 0.790. The van der Waals surface area contributed by atoms with Gasteiger partial charge in [0.2, 0.25) is 0 Å². The molecule has 86 valence electrons. The molecule has 3 nitrogen and oxygen atoms in total. The van der Waals surface area contributed by atoms with Gasteiger partial charge in [-0.1, -0.05) is 6.07 Å². The summed E-state index contributed by atoms with van der Waals surface area (Å²) < 4.78 is 5.13. The van der Waals surface area contributed by atoms with Crippen LogP contribution in [-0.4, -0.2) is 26.5 Å². The highest BCUT2D eigenvalue weighted by molar-refractivity contribution is 5.78. The van der Waals surface area contributed by atoms with E-state index in [0.717, 1.165) is 49.1 Å². The molecule has 0 saturated carbocycles. The fraction of sp³-hybridized carbons (Fsp3) is 0.462. The topological polar surface area (TPSA) is 38.3 Å². The van der Waals surface area contributed by atoms with Crippen molar-refractivity contribution in [3.8, 4) is 5.75 Å². The van der Waals surface area contributed by atoms with Crippen molar-refractivity contribution in [2.45, 2.75) is 18.8 Å². The summed E-state index contributed by atoms with van der Waals surface area (Å²) in [6.45, 7) is 2.07. The van der Waals surface area contributed by atoms with E-state index in [9.17, 15) is 4.79 Å². The molecule has 1 aromatic carbocycles. The van der Waals surface area contributed by atoms with E-state index in [1.165, 1.54) is 0 Å². The van der Waals surface area contributed by atoms with Gasteiger partial charge >= 0.3 is 0 Å². The van der Waals surface area contributed by atoms with E-state index >= 15 is 0 Å². The van der Waals surface area contributed by atoms with Crippen LogP contribution in [0.15, 0.2) is 18.2 Å². The summed E-state index contributed by atoms with van der Waals surface area (Å²) in [7, 11) is 1.62. The van der Waals surface area contributed by atoms with Crippen LogP contribution in [0.2, 0.25) is 0 Å². The first-order chi connectivity index (χ1) is 7.85. The molecule has 0 radical (unpaired) electrons. The van der Waals surface area contributed by atoms with Gasteiger partial charge in [-0.05, 0) is 49.5 Å². The van der Waals surface area contributed by atoms with Crippen molar-refractivity contribution in [1.82, 2.24) is 5.32 Å². The molecular weight excluding hydrogens is 202 g/mol. The number of carbonyl (C=O) groups excluding carboxylic acids is 1. The Labute approximate surface area is 95.8 Å². The fourth-order valence-electron chi connectivity index (χ4n) is 2.29. The molecule has 1 aromatic rings. The lowest BCUT2D eigenvalue weighted by Gasteiger charge is -2.24. The number of hydrogen-bond donors (Lipinski definition) is 1. The first kappa shape index (κ1) is 11.1. The van der Waals surface area contributed by atoms with Crippen LogP contribution < -0.4 is 10.1 Å². The first-order valence-corrected chi connectivity index (χ1v) is 5.69. The smallest absolute Gasteiger partial charge is 0.150 e. The molecule has 1 aliphatic heterocycles. The summed E-state index contributed by atoms with van der Waals surface area (Å²) in [5.41, 5.74) is 1.93. The van der Waals surface area contributed by atoms with Gasteiger partial charge in [0, 0.05) is 5.56 Å². The lowest BCUT2D eigenvalue weighted by atomic mass is 9.87. The standard InChI is InChI=1S/C13H17NO2/c1-16-12-2-3-13(11(8-12)9-15)10-4-6-14-7-5-10/h2-3,8-10,14H,4-7H2,1H3. The first-order valence-electron chi connectivity index (χ1n) is 5.69. The Balaban J connectivity index is 2.28. The van der Waals surface area contributed by atoms with Gasteiger partial charge in [-0.15, -0.1) is 0 Å². The number of hydrogen-bond acceptors (Lipinski definition) is 3. The molecule has 0 amide bonds. The Morgan fingerprint density at radius 1 is 1.38 bits per heavy atom. The van der Waals surface area contributed by atoms with E-state index in [1.807, 2.05) is 18.2 Å². The third-order valence-electron chi connectivity index (χ3n) is 3.20. The lowest BCUT2D eigenvalue weighted by Crippen LogP contribution is -2.27. The predicted octanol–water partition coefficient (Wildman–Crippen LogP) is 1.97. The maximum absolute atomic E-state index is 11.1. The maximum atomic E-state index is 11.1. The van der Waals surface area contributed by atoms with E-state index in [1.54, 1.807) is 7.11 Å². The summed E-state index contributed by atoms with van der Waals surface area (Å²) in [5, 5.41) is 3.33. The molecule has 1 heterocycles. The molecule has 1 aliphatic rings. The van der Waals surface area contributed by atoms with Crippen LogP contribution in [0.5, 0.6) is 5.75 Å². The highest BCUT2D eigenvalue weighted by Crippen LogP contribution is 2.29. The largest absolute Gasteiger partial charge is 0.497 e. The Bertz CT molecular complexity index is 370. The predicted molar refractivity (Wildman–Crippen MR) is 63.2 cm³/mol. The highest BCUT2D eigenvalue weighted by Gasteiger charge is 2.18. The Morgan fingerprint density at radius 3 is 2.75 bits per heavy atom. The monoisotopic (exact) mass is 219 g/mol. The van der Waals surface area contributed by atoms with Crippen LogP contribution in [0.3, 0.4) is 0 Å². The molecule has 1 fully saturated rings. The second-order valence-electron chi connectivity index (χ2n) is 4.14. The zero-order valence-corrected chi connectivity index (χ0v) is 9.53. The van der Waals surface area contributed by atoms with Crippen LogP contribution in [0.25, 0.3) is 0 Å². The van der Waals surface area contributed by atoms with Crippen molar-refractivity contribution in [3.63, 3.8) is 0 Å². The van der Waals surface area contributed by atoms with Crippen LogP contribution in [0.4, 0.5) is 0 Å². The zero-order valence-electron chi connectivity index (χ0n) is 9.53. The number of methoxy groups -OCH3 is 1. The molecular formula is C13H17NO2. The Hall–Kier alpha value is -1.35. The molecule has 3 heteroatoms. The van der Waals surface area contributed by atoms with Crippen molar-refractivity contribution in [3.05, 3.63) is 29.3 Å². The molecule has 0 aromatic heterocycles. The third-order valence-corrected chi connectivity index (χ3v) is 3.20. The van der Waals surface area contributed by atoms with Gasteiger partial charge in [0.25, 0.3) is 0 Å². The maximum Gasteiger partial charge on any atom is 0.150 e. The number of ether oxygens (including phenoxy) is 1. The zero-order chi connectivity index (χ0) is 11.4. The van der Waals surface area contributed by atoms with Gasteiger partial charge in [-0.3, -0.25) is 4.79 Å². The molecule has 2 rings (SSSR count). The summed E-state index contributed by atoms with van der Waals surface area (Å²) in [6, 6.07) is 5.79. The van der Waals surface area contributed by atoms with Crippen molar-refractivity contribution in [2.24, 2.45) is 0 Å². The average Bonchev–Trinajstić information content (AvgIpc) is 2.39. The Morgan fingerprint density at radius 2 is 2.12 bits per heavy atom. The van der Waals surface area contributed by atoms with Gasteiger partial charge < -0.3 is 10.1 Å². The summed E-state index contributed by atoms with van der Waals surface area (Å²) in [5.74, 6) is 1.26. The summed E-state index contributed by atoms with van der Waals surface area (Å²) >= 11 is 0. The molecule has 1 N–H and O–H groups in total. The molecule has 0 spiro atoms. The van der Waals surface area contributed by atoms with Crippen LogP contribution in [0.1, 0.15) is 34.7 Å².